The van der Waals surface area contributed by atoms with Crippen molar-refractivity contribution in [2.24, 2.45) is 5.92 Å². The number of halogens is 2. The fourth-order valence-corrected chi connectivity index (χ4v) is 5.62. The second-order valence-corrected chi connectivity index (χ2v) is 12.3. The van der Waals surface area contributed by atoms with Gasteiger partial charge in [-0.2, -0.15) is 4.98 Å². The number of aliphatic hydroxyl groups excluding tert-OH is 1. The smallest absolute Gasteiger partial charge is 0.405 e. The standard InChI is InChI=1S/C27H30ClFN4O5S/c1-26(2,14-34)24-30-22(38-32-24)18-9-20-21(10-19(18)29)39-13-16(11-27(3,4)31-25(36)37)23(35)33(20)12-15-5-7-17(28)8-6-15/h5-10,16,31,34H,11-14H2,1-4H3,(H,36,37)/t16-/m0/s1. The number of aromatic nitrogens is 2. The summed E-state index contributed by atoms with van der Waals surface area (Å²) in [5, 5.41) is 25.9. The molecule has 2 amide bonds. The zero-order chi connectivity index (χ0) is 28.5. The highest BCUT2D eigenvalue weighted by molar-refractivity contribution is 7.99. The number of anilines is 1. The number of carbonyl (C=O) groups is 2. The highest BCUT2D eigenvalue weighted by Crippen LogP contribution is 2.42. The third kappa shape index (κ3) is 6.54. The molecule has 39 heavy (non-hydrogen) atoms. The maximum Gasteiger partial charge on any atom is 0.405 e. The molecule has 1 aromatic heterocycles. The largest absolute Gasteiger partial charge is 0.465 e. The molecule has 2 heterocycles. The Balaban J connectivity index is 1.77. The van der Waals surface area contributed by atoms with Crippen molar-refractivity contribution in [1.29, 1.82) is 0 Å². The minimum absolute atomic E-state index is 0.0297. The lowest BCUT2D eigenvalue weighted by Gasteiger charge is -2.31. The van der Waals surface area contributed by atoms with Crippen LogP contribution in [-0.2, 0) is 16.8 Å². The Morgan fingerprint density at radius 1 is 1.26 bits per heavy atom. The van der Waals surface area contributed by atoms with Crippen LogP contribution in [0, 0.1) is 11.7 Å². The molecule has 0 spiro atoms. The molecule has 2 aromatic carbocycles. The molecule has 1 atom stereocenters. The number of fused-ring (bicyclic) bond motifs is 1. The van der Waals surface area contributed by atoms with E-state index >= 15 is 4.39 Å². The van der Waals surface area contributed by atoms with Gasteiger partial charge in [-0.25, -0.2) is 9.18 Å². The van der Waals surface area contributed by atoms with Gasteiger partial charge in [0.15, 0.2) is 5.82 Å². The number of thioether (sulfide) groups is 1. The van der Waals surface area contributed by atoms with Crippen molar-refractivity contribution in [3.05, 3.63) is 58.6 Å². The molecule has 4 rings (SSSR count). The van der Waals surface area contributed by atoms with Crippen LogP contribution >= 0.6 is 23.4 Å². The zero-order valence-corrected chi connectivity index (χ0v) is 23.6. The van der Waals surface area contributed by atoms with Crippen molar-refractivity contribution < 1.29 is 28.7 Å². The third-order valence-corrected chi connectivity index (χ3v) is 7.97. The Morgan fingerprint density at radius 3 is 2.59 bits per heavy atom. The summed E-state index contributed by atoms with van der Waals surface area (Å²) in [6.07, 6.45) is -0.931. The first-order valence-corrected chi connectivity index (χ1v) is 13.6. The van der Waals surface area contributed by atoms with E-state index in [4.69, 9.17) is 16.1 Å². The summed E-state index contributed by atoms with van der Waals surface area (Å²) >= 11 is 7.39. The van der Waals surface area contributed by atoms with E-state index < -0.39 is 28.8 Å². The Hall–Kier alpha value is -3.15. The lowest BCUT2D eigenvalue weighted by Crippen LogP contribution is -2.47. The van der Waals surface area contributed by atoms with Crippen LogP contribution in [0.3, 0.4) is 0 Å². The summed E-state index contributed by atoms with van der Waals surface area (Å²) < 4.78 is 20.8. The lowest BCUT2D eigenvalue weighted by molar-refractivity contribution is -0.122. The molecule has 1 aliphatic rings. The first-order chi connectivity index (χ1) is 18.3. The number of carbonyl (C=O) groups excluding carboxylic acids is 1. The lowest BCUT2D eigenvalue weighted by atomic mass is 9.90. The normalized spacial score (nSPS) is 16.1. The zero-order valence-electron chi connectivity index (χ0n) is 22.0. The summed E-state index contributed by atoms with van der Waals surface area (Å²) in [6, 6.07) is 9.95. The predicted octanol–water partition coefficient (Wildman–Crippen LogP) is 5.49. The Morgan fingerprint density at radius 2 is 1.95 bits per heavy atom. The molecule has 0 fully saturated rings. The van der Waals surface area contributed by atoms with Crippen molar-refractivity contribution in [3.63, 3.8) is 0 Å². The first kappa shape index (κ1) is 28.8. The van der Waals surface area contributed by atoms with Crippen LogP contribution in [0.1, 0.15) is 45.5 Å². The second-order valence-electron chi connectivity index (χ2n) is 10.8. The van der Waals surface area contributed by atoms with Gasteiger partial charge in [0.1, 0.15) is 5.82 Å². The van der Waals surface area contributed by atoms with Gasteiger partial charge >= 0.3 is 6.09 Å². The Kier molecular flexibility index (Phi) is 8.25. The predicted molar refractivity (Wildman–Crippen MR) is 147 cm³/mol. The topological polar surface area (TPSA) is 129 Å². The molecule has 0 saturated carbocycles. The summed E-state index contributed by atoms with van der Waals surface area (Å²) in [4.78, 5) is 31.8. The van der Waals surface area contributed by atoms with Gasteiger partial charge in [-0.1, -0.05) is 42.7 Å². The number of aliphatic hydroxyl groups is 1. The van der Waals surface area contributed by atoms with Crippen LogP contribution < -0.4 is 10.2 Å². The third-order valence-electron chi connectivity index (χ3n) is 6.51. The number of hydrogen-bond acceptors (Lipinski definition) is 7. The van der Waals surface area contributed by atoms with Crippen molar-refractivity contribution in [1.82, 2.24) is 15.5 Å². The molecule has 0 bridgehead atoms. The number of rotatable bonds is 8. The van der Waals surface area contributed by atoms with Gasteiger partial charge in [0.25, 0.3) is 5.89 Å². The average Bonchev–Trinajstić information content (AvgIpc) is 3.32. The summed E-state index contributed by atoms with van der Waals surface area (Å²) in [6.45, 7) is 6.87. The van der Waals surface area contributed by atoms with Gasteiger partial charge in [-0.05, 0) is 50.1 Å². The Bertz CT molecular complexity index is 1380. The minimum Gasteiger partial charge on any atom is -0.465 e. The molecule has 3 aromatic rings. The SMILES string of the molecule is CC(C)(C[C@H]1CSc2cc(F)c(-c3nc(C(C)(C)CO)no3)cc2N(Cc2ccc(Cl)cc2)C1=O)NC(=O)O. The number of carboxylic acid groups (broad SMARTS) is 1. The number of nitrogens with zero attached hydrogens (tertiary/aromatic N) is 3. The number of amides is 2. The average molecular weight is 577 g/mol. The van der Waals surface area contributed by atoms with E-state index in [0.717, 1.165) is 5.56 Å². The summed E-state index contributed by atoms with van der Waals surface area (Å²) in [5.41, 5.74) is -0.347. The second kappa shape index (κ2) is 11.1. The molecule has 0 saturated heterocycles. The molecule has 0 unspecified atom stereocenters. The molecule has 3 N–H and O–H groups in total. The van der Waals surface area contributed by atoms with Crippen molar-refractivity contribution in [2.45, 2.75) is 56.5 Å². The first-order valence-electron chi connectivity index (χ1n) is 12.3. The van der Waals surface area contributed by atoms with Crippen LogP contribution in [0.25, 0.3) is 11.5 Å². The van der Waals surface area contributed by atoms with Gasteiger partial charge in [-0.15, -0.1) is 11.8 Å². The van der Waals surface area contributed by atoms with E-state index in [1.165, 1.54) is 23.9 Å². The van der Waals surface area contributed by atoms with Crippen molar-refractivity contribution in [3.8, 4) is 11.5 Å². The maximum atomic E-state index is 15.4. The number of hydrogen-bond donors (Lipinski definition) is 3. The van der Waals surface area contributed by atoms with Crippen LogP contribution in [0.15, 0.2) is 45.8 Å². The van der Waals surface area contributed by atoms with Crippen molar-refractivity contribution >= 4 is 41.1 Å². The molecule has 12 heteroatoms. The summed E-state index contributed by atoms with van der Waals surface area (Å²) in [7, 11) is 0. The molecule has 0 aliphatic carbocycles. The molecular formula is C27H30ClFN4O5S. The highest BCUT2D eigenvalue weighted by atomic mass is 35.5. The van der Waals surface area contributed by atoms with Gasteiger partial charge in [0, 0.05) is 21.2 Å². The van der Waals surface area contributed by atoms with E-state index in [0.29, 0.717) is 21.4 Å². The van der Waals surface area contributed by atoms with Gasteiger partial charge in [-0.3, -0.25) is 4.79 Å². The maximum absolute atomic E-state index is 15.4. The summed E-state index contributed by atoms with van der Waals surface area (Å²) in [5.74, 6) is -0.870. The van der Waals surface area contributed by atoms with Crippen LogP contribution in [-0.4, -0.2) is 50.3 Å². The monoisotopic (exact) mass is 576 g/mol. The fraction of sp³-hybridized carbons (Fsp3) is 0.407. The van der Waals surface area contributed by atoms with Gasteiger partial charge in [0.05, 0.1) is 35.7 Å². The molecule has 9 nitrogen and oxygen atoms in total. The number of nitrogens with one attached hydrogen (secondary N) is 1. The molecule has 0 radical (unpaired) electrons. The van der Waals surface area contributed by atoms with E-state index in [9.17, 15) is 19.8 Å². The molecule has 1 aliphatic heterocycles. The molecular weight excluding hydrogens is 547 g/mol. The minimum atomic E-state index is -1.18. The van der Waals surface area contributed by atoms with Crippen molar-refractivity contribution in [2.75, 3.05) is 17.3 Å². The number of benzene rings is 2. The van der Waals surface area contributed by atoms with Crippen LogP contribution in [0.2, 0.25) is 5.02 Å². The van der Waals surface area contributed by atoms with E-state index in [1.54, 1.807) is 44.7 Å². The van der Waals surface area contributed by atoms with E-state index in [1.807, 2.05) is 12.1 Å². The van der Waals surface area contributed by atoms with Crippen LogP contribution in [0.4, 0.5) is 14.9 Å². The van der Waals surface area contributed by atoms with Crippen LogP contribution in [0.5, 0.6) is 0 Å². The quantitative estimate of drug-likeness (QED) is 0.321. The van der Waals surface area contributed by atoms with Gasteiger partial charge in [0.2, 0.25) is 5.91 Å². The fourth-order valence-electron chi connectivity index (χ4n) is 4.35. The highest BCUT2D eigenvalue weighted by Gasteiger charge is 2.37. The molecule has 208 valence electrons. The van der Waals surface area contributed by atoms with E-state index in [-0.39, 0.29) is 42.8 Å². The Labute approximate surface area is 234 Å². The van der Waals surface area contributed by atoms with E-state index in [2.05, 4.69) is 15.5 Å². The van der Waals surface area contributed by atoms with Gasteiger partial charge < -0.3 is 25.0 Å².